The maximum absolute atomic E-state index is 13.2. The molecule has 0 radical (unpaired) electrons. The van der Waals surface area contributed by atoms with Crippen LogP contribution < -0.4 is 12.4 Å². The topological polar surface area (TPSA) is 71.5 Å². The second-order valence-electron chi connectivity index (χ2n) is 11.5. The molecule has 0 unspecified atom stereocenters. The van der Waals surface area contributed by atoms with Crippen LogP contribution in [0.3, 0.4) is 0 Å². The quantitative estimate of drug-likeness (QED) is 0.152. The average Bonchev–Trinajstić information content (AvgIpc) is 2.66. The molecule has 0 N–H and O–H groups in total. The fourth-order valence-electron chi connectivity index (χ4n) is 2.66. The minimum Gasteiger partial charge on any atom is -1.00 e. The van der Waals surface area contributed by atoms with E-state index in [-0.39, 0.29) is 48.3 Å². The summed E-state index contributed by atoms with van der Waals surface area (Å²) in [6, 6.07) is 0. The van der Waals surface area contributed by atoms with Gasteiger partial charge in [0.05, 0.1) is 50.7 Å². The van der Waals surface area contributed by atoms with Gasteiger partial charge in [-0.05, 0) is 86.9 Å². The second-order valence-corrected chi connectivity index (χ2v) is 16.1. The normalized spacial score (nSPS) is 12.7. The lowest BCUT2D eigenvalue weighted by atomic mass is 10.1. The van der Waals surface area contributed by atoms with Gasteiger partial charge in [0.15, 0.2) is 0 Å². The molecule has 12 heteroatoms. The van der Waals surface area contributed by atoms with Crippen molar-refractivity contribution >= 4 is 31.3 Å². The first-order chi connectivity index (χ1) is 15.5. The molecule has 0 saturated carbocycles. The SMILES string of the molecule is CC(C)(F)CCS(=O)(=O)CCCC[N+](C)(C)C.CCl.CN(C)CCCCS(=O)(=O)CCC(C)(C)F.[Cl-]. The number of quaternary nitrogens is 1. The number of halogens is 4. The molecule has 0 aliphatic rings. The van der Waals surface area contributed by atoms with Gasteiger partial charge < -0.3 is 21.8 Å². The Morgan fingerprint density at radius 3 is 1.31 bits per heavy atom. The summed E-state index contributed by atoms with van der Waals surface area (Å²) in [4.78, 5) is 2.03. The van der Waals surface area contributed by atoms with Crippen LogP contribution in [0.4, 0.5) is 8.78 Å². The fraction of sp³-hybridized carbons (Fsp3) is 1.00. The summed E-state index contributed by atoms with van der Waals surface area (Å²) in [5, 5.41) is 0. The van der Waals surface area contributed by atoms with Crippen LogP contribution in [0.1, 0.15) is 66.2 Å². The van der Waals surface area contributed by atoms with E-state index in [0.29, 0.717) is 12.8 Å². The molecule has 0 rings (SSSR count). The van der Waals surface area contributed by atoms with Crippen LogP contribution in [-0.2, 0) is 19.7 Å². The summed E-state index contributed by atoms with van der Waals surface area (Å²) in [6.07, 6.45) is 4.73. The van der Waals surface area contributed by atoms with Crippen LogP contribution in [-0.4, -0.2) is 115 Å². The Balaban J connectivity index is -0.000000259. The van der Waals surface area contributed by atoms with Crippen molar-refractivity contribution in [3.05, 3.63) is 0 Å². The number of nitrogens with zero attached hydrogens (tertiary/aromatic N) is 2. The van der Waals surface area contributed by atoms with Gasteiger partial charge in [-0.3, -0.25) is 0 Å². The maximum Gasteiger partial charge on any atom is 0.150 e. The predicted octanol–water partition coefficient (Wildman–Crippen LogP) is 1.77. The summed E-state index contributed by atoms with van der Waals surface area (Å²) in [5.74, 6) is 0.277. The first-order valence-corrected chi connectivity index (χ1v) is 16.6. The molecule has 0 aliphatic heterocycles. The van der Waals surface area contributed by atoms with Gasteiger partial charge in [0.25, 0.3) is 0 Å². The monoisotopic (exact) mass is 606 g/mol. The highest BCUT2D eigenvalue weighted by atomic mass is 35.5. The molecule has 0 bridgehead atoms. The number of sulfone groups is 2. The molecule has 0 aromatic carbocycles. The third kappa shape index (κ3) is 38.8. The molecule has 0 amide bonds. The lowest BCUT2D eigenvalue weighted by Crippen LogP contribution is -3.00. The number of alkyl halides is 3. The third-order valence-corrected chi connectivity index (χ3v) is 8.33. The van der Waals surface area contributed by atoms with Crippen LogP contribution in [0, 0.1) is 0 Å². The van der Waals surface area contributed by atoms with Crippen LogP contribution in [0.2, 0.25) is 0 Å². The molecule has 0 saturated heterocycles. The van der Waals surface area contributed by atoms with Crippen molar-refractivity contribution < 1.29 is 42.5 Å². The smallest absolute Gasteiger partial charge is 0.150 e. The molecule has 224 valence electrons. The molecule has 0 fully saturated rings. The third-order valence-electron chi connectivity index (χ3n) is 4.86. The van der Waals surface area contributed by atoms with Gasteiger partial charge >= 0.3 is 0 Å². The molecule has 0 atom stereocenters. The second kappa shape index (κ2) is 20.2. The van der Waals surface area contributed by atoms with Crippen molar-refractivity contribution in [2.45, 2.75) is 77.6 Å². The predicted molar refractivity (Wildman–Crippen MR) is 149 cm³/mol. The zero-order valence-electron chi connectivity index (χ0n) is 24.3. The fourth-order valence-corrected chi connectivity index (χ4v) is 5.95. The molecule has 36 heavy (non-hydrogen) atoms. The molecule has 0 aromatic rings. The van der Waals surface area contributed by atoms with Gasteiger partial charge in [0.1, 0.15) is 31.0 Å². The van der Waals surface area contributed by atoms with E-state index in [1.54, 1.807) is 0 Å². The van der Waals surface area contributed by atoms with E-state index < -0.39 is 31.0 Å². The Labute approximate surface area is 233 Å². The average molecular weight is 608 g/mol. The van der Waals surface area contributed by atoms with Crippen molar-refractivity contribution in [2.24, 2.45) is 0 Å². The Morgan fingerprint density at radius 1 is 0.694 bits per heavy atom. The van der Waals surface area contributed by atoms with E-state index in [1.165, 1.54) is 34.1 Å². The Morgan fingerprint density at radius 2 is 1.03 bits per heavy atom. The highest BCUT2D eigenvalue weighted by Crippen LogP contribution is 2.16. The molecular formula is C24H54Cl2F2N2O4S2. The Kier molecular flexibility index (Phi) is 24.3. The van der Waals surface area contributed by atoms with Gasteiger partial charge in [0, 0.05) is 6.38 Å². The van der Waals surface area contributed by atoms with Crippen molar-refractivity contribution in [3.8, 4) is 0 Å². The molecule has 6 nitrogen and oxygen atoms in total. The minimum absolute atomic E-state index is 0. The van der Waals surface area contributed by atoms with E-state index in [4.69, 9.17) is 0 Å². The summed E-state index contributed by atoms with van der Waals surface area (Å²) in [5.41, 5.74) is -2.79. The van der Waals surface area contributed by atoms with Gasteiger partial charge in [-0.25, -0.2) is 25.6 Å². The van der Waals surface area contributed by atoms with E-state index in [2.05, 4.69) is 32.7 Å². The lowest BCUT2D eigenvalue weighted by molar-refractivity contribution is -0.870. The zero-order chi connectivity index (χ0) is 28.6. The van der Waals surface area contributed by atoms with Gasteiger partial charge in [0.2, 0.25) is 0 Å². The van der Waals surface area contributed by atoms with Crippen LogP contribution in [0.5, 0.6) is 0 Å². The highest BCUT2D eigenvalue weighted by Gasteiger charge is 2.21. The molecule has 0 spiro atoms. The number of hydrogen-bond acceptors (Lipinski definition) is 5. The summed E-state index contributed by atoms with van der Waals surface area (Å²) in [6.45, 7) is 7.51. The van der Waals surface area contributed by atoms with Crippen molar-refractivity contribution in [1.29, 1.82) is 0 Å². The molecular weight excluding hydrogens is 553 g/mol. The molecule has 0 aliphatic carbocycles. The Bertz CT molecular complexity index is 731. The van der Waals surface area contributed by atoms with E-state index in [0.717, 1.165) is 30.4 Å². The van der Waals surface area contributed by atoms with Gasteiger partial charge in [-0.15, -0.1) is 11.6 Å². The molecule has 0 aromatic heterocycles. The van der Waals surface area contributed by atoms with Crippen LogP contribution in [0.25, 0.3) is 0 Å². The largest absolute Gasteiger partial charge is 1.00 e. The maximum atomic E-state index is 13.2. The number of unbranched alkanes of at least 4 members (excludes halogenated alkanes) is 2. The summed E-state index contributed by atoms with van der Waals surface area (Å²) >= 11 is 4.64. The van der Waals surface area contributed by atoms with Crippen LogP contribution >= 0.6 is 11.6 Å². The standard InChI is InChI=1S/C12H27FNO2S.C11H24FNO2S.CH3Cl.ClH/c1-12(2,13)8-11-17(15,16)10-7-6-9-14(3,4)5;1-11(2,12)7-10-16(14,15)9-6-5-8-13(3)4;1-2;/h6-11H2,1-5H3;5-10H2,1-4H3;1H3;1H/q+1;;;/p-1. The van der Waals surface area contributed by atoms with E-state index >= 15 is 0 Å². The van der Waals surface area contributed by atoms with Crippen LogP contribution in [0.15, 0.2) is 0 Å². The van der Waals surface area contributed by atoms with Gasteiger partial charge in [-0.1, -0.05) is 0 Å². The van der Waals surface area contributed by atoms with E-state index in [1.807, 2.05) is 19.0 Å². The number of hydrogen-bond donors (Lipinski definition) is 0. The highest BCUT2D eigenvalue weighted by molar-refractivity contribution is 7.91. The summed E-state index contributed by atoms with van der Waals surface area (Å²) in [7, 11) is 4.02. The summed E-state index contributed by atoms with van der Waals surface area (Å²) < 4.78 is 73.5. The Hall–Kier alpha value is 0.260. The van der Waals surface area contributed by atoms with Crippen molar-refractivity contribution in [2.75, 3.05) is 77.7 Å². The number of rotatable bonds is 16. The first kappa shape index (κ1) is 43.3. The minimum atomic E-state index is -3.08. The van der Waals surface area contributed by atoms with E-state index in [9.17, 15) is 25.6 Å². The molecule has 0 heterocycles. The lowest BCUT2D eigenvalue weighted by Gasteiger charge is -2.23. The van der Waals surface area contributed by atoms with Crippen molar-refractivity contribution in [1.82, 2.24) is 4.90 Å². The first-order valence-electron chi connectivity index (χ1n) is 12.2. The zero-order valence-corrected chi connectivity index (χ0v) is 27.5. The van der Waals surface area contributed by atoms with Gasteiger partial charge in [-0.2, -0.15) is 0 Å². The van der Waals surface area contributed by atoms with Crippen molar-refractivity contribution in [3.63, 3.8) is 0 Å².